The van der Waals surface area contributed by atoms with Gasteiger partial charge in [0.1, 0.15) is 10.4 Å². The van der Waals surface area contributed by atoms with Gasteiger partial charge in [-0.2, -0.15) is 0 Å². The Balaban J connectivity index is 0.00000166. The van der Waals surface area contributed by atoms with Gasteiger partial charge in [-0.05, 0) is 30.2 Å². The van der Waals surface area contributed by atoms with Crippen LogP contribution in [0.2, 0.25) is 0 Å². The summed E-state index contributed by atoms with van der Waals surface area (Å²) in [7, 11) is 0. The number of nitro groups is 1. The van der Waals surface area contributed by atoms with Gasteiger partial charge < -0.3 is 10.4 Å². The topological polar surface area (TPSA) is 105 Å². The molecule has 1 heterocycles. The quantitative estimate of drug-likeness (QED) is 0.263. The first-order chi connectivity index (χ1) is 14.9. The number of hydrogen-bond donors (Lipinski definition) is 2. The molecule has 0 aliphatic heterocycles. The number of rotatable bonds is 8. The van der Waals surface area contributed by atoms with Crippen molar-refractivity contribution >= 4 is 33.6 Å². The van der Waals surface area contributed by atoms with Gasteiger partial charge >= 0.3 is 0 Å². The molecule has 1 atom stereocenters. The summed E-state index contributed by atoms with van der Waals surface area (Å²) in [5.41, 5.74) is 2.28. The van der Waals surface area contributed by atoms with E-state index in [1.54, 1.807) is 6.07 Å². The minimum atomic E-state index is -0.548. The van der Waals surface area contributed by atoms with E-state index in [1.807, 2.05) is 52.0 Å². The molecule has 0 aliphatic rings. The van der Waals surface area contributed by atoms with Gasteiger partial charge in [-0.1, -0.05) is 63.3 Å². The second-order valence-electron chi connectivity index (χ2n) is 6.58. The Kier molecular flexibility index (Phi) is 8.84. The van der Waals surface area contributed by atoms with Crippen molar-refractivity contribution in [1.29, 1.82) is 0 Å². The van der Waals surface area contributed by atoms with Crippen LogP contribution in [0.3, 0.4) is 0 Å². The number of aromatic nitrogens is 1. The first-order valence-electron chi connectivity index (χ1n) is 10.2. The van der Waals surface area contributed by atoms with Crippen molar-refractivity contribution in [2.24, 2.45) is 0 Å². The normalized spacial score (nSPS) is 11.3. The van der Waals surface area contributed by atoms with Crippen LogP contribution in [0.4, 0.5) is 16.5 Å². The largest absolute Gasteiger partial charge is 0.396 e. The molecular weight excluding hydrogens is 414 g/mol. The predicted octanol–water partition coefficient (Wildman–Crippen LogP) is 5.71. The van der Waals surface area contributed by atoms with Crippen LogP contribution in [0.5, 0.6) is 0 Å². The number of ketones is 1. The third-order valence-electron chi connectivity index (χ3n) is 4.59. The lowest BCUT2D eigenvalue weighted by atomic mass is 10.0. The van der Waals surface area contributed by atoms with Crippen molar-refractivity contribution in [2.45, 2.75) is 40.0 Å². The Morgan fingerprint density at radius 1 is 1.19 bits per heavy atom. The van der Waals surface area contributed by atoms with Gasteiger partial charge in [-0.3, -0.25) is 14.9 Å². The number of hydrogen-bond acceptors (Lipinski definition) is 7. The number of nitrogens with zero attached hydrogens (tertiary/aromatic N) is 2. The fourth-order valence-electron chi connectivity index (χ4n) is 2.89. The van der Waals surface area contributed by atoms with Crippen LogP contribution in [0.25, 0.3) is 0 Å². The molecule has 0 amide bonds. The lowest BCUT2D eigenvalue weighted by Crippen LogP contribution is -2.06. The molecule has 8 heteroatoms. The molecule has 7 nitrogen and oxygen atoms in total. The van der Waals surface area contributed by atoms with Gasteiger partial charge in [-0.15, -0.1) is 0 Å². The third kappa shape index (κ3) is 5.74. The molecule has 2 N–H and O–H groups in total. The Morgan fingerprint density at radius 3 is 2.42 bits per heavy atom. The predicted molar refractivity (Wildman–Crippen MR) is 125 cm³/mol. The molecule has 0 spiro atoms. The lowest BCUT2D eigenvalue weighted by Gasteiger charge is -2.09. The molecule has 0 bridgehead atoms. The van der Waals surface area contributed by atoms with E-state index in [0.717, 1.165) is 11.3 Å². The number of thiazole rings is 1. The van der Waals surface area contributed by atoms with Gasteiger partial charge in [0.2, 0.25) is 5.78 Å². The second kappa shape index (κ2) is 11.3. The lowest BCUT2D eigenvalue weighted by molar-refractivity contribution is -0.385. The summed E-state index contributed by atoms with van der Waals surface area (Å²) in [5.74, 6) is -0.340. The number of aliphatic hydroxyl groups excluding tert-OH is 1. The number of nitro benzene ring substituents is 1. The fraction of sp³-hybridized carbons (Fsp3) is 0.304. The molecule has 164 valence electrons. The van der Waals surface area contributed by atoms with Crippen LogP contribution < -0.4 is 5.32 Å². The van der Waals surface area contributed by atoms with Crippen LogP contribution in [0.1, 0.15) is 60.1 Å². The Bertz CT molecular complexity index is 1030. The summed E-state index contributed by atoms with van der Waals surface area (Å²) in [5, 5.41) is 24.3. The highest BCUT2D eigenvalue weighted by Gasteiger charge is 2.25. The molecule has 1 aromatic heterocycles. The van der Waals surface area contributed by atoms with Crippen LogP contribution >= 0.6 is 11.3 Å². The zero-order valence-corrected chi connectivity index (χ0v) is 18.9. The monoisotopic (exact) mass is 441 g/mol. The first-order valence-corrected chi connectivity index (χ1v) is 11.0. The molecule has 0 radical (unpaired) electrons. The standard InChI is InChI=1S/C21H21N3O4S.C2H6/c1-3-17-20(19(26)16-6-4-5-7-18(16)24(27)28)29-21(23-17)22-15-10-8-14(9-11-15)13(2)12-25;1-2/h4-11,13,25H,3,12H2,1-2H3,(H,22,23);1-2H3. The summed E-state index contributed by atoms with van der Waals surface area (Å²) >= 11 is 1.18. The minimum Gasteiger partial charge on any atom is -0.396 e. The maximum Gasteiger partial charge on any atom is 0.280 e. The van der Waals surface area contributed by atoms with Gasteiger partial charge in [0.15, 0.2) is 5.13 Å². The maximum absolute atomic E-state index is 13.0. The fourth-order valence-corrected chi connectivity index (χ4v) is 3.92. The number of aryl methyl sites for hydroxylation is 1. The van der Waals surface area contributed by atoms with E-state index in [4.69, 9.17) is 0 Å². The molecule has 3 aromatic rings. The van der Waals surface area contributed by atoms with E-state index in [1.165, 1.54) is 29.5 Å². The van der Waals surface area contributed by atoms with Crippen LogP contribution in [-0.4, -0.2) is 27.4 Å². The molecule has 0 aliphatic carbocycles. The van der Waals surface area contributed by atoms with Gasteiger partial charge in [-0.25, -0.2) is 4.98 Å². The van der Waals surface area contributed by atoms with Crippen molar-refractivity contribution < 1.29 is 14.8 Å². The highest BCUT2D eigenvalue weighted by atomic mass is 32.1. The van der Waals surface area contributed by atoms with E-state index in [-0.39, 0.29) is 23.8 Å². The zero-order valence-electron chi connectivity index (χ0n) is 18.1. The third-order valence-corrected chi connectivity index (χ3v) is 5.60. The van der Waals surface area contributed by atoms with Gasteiger partial charge in [0.05, 0.1) is 10.6 Å². The number of benzene rings is 2. The Hall–Kier alpha value is -3.10. The number of carbonyl (C=O) groups excluding carboxylic acids is 1. The molecule has 0 saturated heterocycles. The van der Waals surface area contributed by atoms with Crippen molar-refractivity contribution in [1.82, 2.24) is 4.98 Å². The smallest absolute Gasteiger partial charge is 0.280 e. The Labute approximate surface area is 185 Å². The molecule has 0 saturated carbocycles. The SMILES string of the molecule is CC.CCc1nc(Nc2ccc(C(C)CO)cc2)sc1C(=O)c1ccccc1[N+](=O)[O-]. The molecule has 2 aromatic carbocycles. The average Bonchev–Trinajstić information content (AvgIpc) is 3.22. The summed E-state index contributed by atoms with van der Waals surface area (Å²) in [6, 6.07) is 13.6. The van der Waals surface area contributed by atoms with E-state index >= 15 is 0 Å². The van der Waals surface area contributed by atoms with Crippen molar-refractivity contribution in [3.8, 4) is 0 Å². The summed E-state index contributed by atoms with van der Waals surface area (Å²) in [6.45, 7) is 7.91. The number of anilines is 2. The zero-order chi connectivity index (χ0) is 23.0. The van der Waals surface area contributed by atoms with E-state index in [2.05, 4.69) is 10.3 Å². The summed E-state index contributed by atoms with van der Waals surface area (Å²) in [6.07, 6.45) is 0.535. The van der Waals surface area contributed by atoms with Crippen LogP contribution in [0, 0.1) is 10.1 Å². The van der Waals surface area contributed by atoms with Crippen molar-refractivity contribution in [3.05, 3.63) is 80.3 Å². The highest BCUT2D eigenvalue weighted by molar-refractivity contribution is 7.17. The van der Waals surface area contributed by atoms with E-state index in [9.17, 15) is 20.0 Å². The summed E-state index contributed by atoms with van der Waals surface area (Å²) < 4.78 is 0. The molecule has 1 unspecified atom stereocenters. The molecule has 3 rings (SSSR count). The Morgan fingerprint density at radius 2 is 1.84 bits per heavy atom. The first kappa shape index (κ1) is 24.2. The molecule has 0 fully saturated rings. The second-order valence-corrected chi connectivity index (χ2v) is 7.58. The average molecular weight is 442 g/mol. The summed E-state index contributed by atoms with van der Waals surface area (Å²) in [4.78, 5) is 28.6. The van der Waals surface area contributed by atoms with E-state index in [0.29, 0.717) is 22.1 Å². The van der Waals surface area contributed by atoms with Gasteiger partial charge in [0.25, 0.3) is 5.69 Å². The van der Waals surface area contributed by atoms with Crippen LogP contribution in [-0.2, 0) is 6.42 Å². The highest BCUT2D eigenvalue weighted by Crippen LogP contribution is 2.31. The van der Waals surface area contributed by atoms with E-state index < -0.39 is 10.7 Å². The maximum atomic E-state index is 13.0. The number of para-hydroxylation sites is 1. The number of nitrogens with one attached hydrogen (secondary N) is 1. The number of aliphatic hydroxyl groups is 1. The molecule has 31 heavy (non-hydrogen) atoms. The van der Waals surface area contributed by atoms with Gasteiger partial charge in [0, 0.05) is 24.3 Å². The molecular formula is C23H27N3O4S. The van der Waals surface area contributed by atoms with Crippen LogP contribution in [0.15, 0.2) is 48.5 Å². The van der Waals surface area contributed by atoms with Crippen molar-refractivity contribution in [3.63, 3.8) is 0 Å². The van der Waals surface area contributed by atoms with Crippen molar-refractivity contribution in [2.75, 3.05) is 11.9 Å². The number of carbonyl (C=O) groups is 1. The minimum absolute atomic E-state index is 0.0569.